The minimum Gasteiger partial charge on any atom is -0.391 e. The Kier molecular flexibility index (Phi) is 3.49. The van der Waals surface area contributed by atoms with Crippen LogP contribution in [0.4, 0.5) is 17.6 Å². The third-order valence-electron chi connectivity index (χ3n) is 3.09. The van der Waals surface area contributed by atoms with Gasteiger partial charge in [-0.3, -0.25) is 4.79 Å². The number of rotatable bonds is 2. The zero-order chi connectivity index (χ0) is 14.2. The Morgan fingerprint density at radius 2 is 2.00 bits per heavy atom. The van der Waals surface area contributed by atoms with E-state index in [1.165, 1.54) is 0 Å². The summed E-state index contributed by atoms with van der Waals surface area (Å²) >= 11 is 0. The second-order valence-electron chi connectivity index (χ2n) is 4.41. The highest BCUT2D eigenvalue weighted by molar-refractivity contribution is 5.96. The summed E-state index contributed by atoms with van der Waals surface area (Å²) in [5.41, 5.74) is -1.97. The number of nitrogens with one attached hydrogen (secondary N) is 1. The van der Waals surface area contributed by atoms with Gasteiger partial charge in [0.15, 0.2) is 0 Å². The van der Waals surface area contributed by atoms with Crippen LogP contribution in [0.2, 0.25) is 0 Å². The van der Waals surface area contributed by atoms with Crippen LogP contribution in [-0.4, -0.2) is 23.2 Å². The van der Waals surface area contributed by atoms with Crippen molar-refractivity contribution in [2.45, 2.75) is 31.2 Å². The van der Waals surface area contributed by atoms with Crippen LogP contribution in [0.25, 0.3) is 0 Å². The van der Waals surface area contributed by atoms with Crippen LogP contribution < -0.4 is 5.32 Å². The highest BCUT2D eigenvalue weighted by Crippen LogP contribution is 2.32. The van der Waals surface area contributed by atoms with E-state index in [-0.39, 0.29) is 6.07 Å². The lowest BCUT2D eigenvalue weighted by Gasteiger charge is -2.33. The molecule has 2 unspecified atom stereocenters. The molecule has 0 spiro atoms. The summed E-state index contributed by atoms with van der Waals surface area (Å²) in [7, 11) is 0. The maximum Gasteiger partial charge on any atom is 0.417 e. The first kappa shape index (κ1) is 13.8. The summed E-state index contributed by atoms with van der Waals surface area (Å²) in [6.45, 7) is 0. The van der Waals surface area contributed by atoms with Gasteiger partial charge in [-0.1, -0.05) is 0 Å². The maximum absolute atomic E-state index is 12.9. The van der Waals surface area contributed by atoms with E-state index in [1.54, 1.807) is 0 Å². The van der Waals surface area contributed by atoms with E-state index in [9.17, 15) is 27.5 Å². The monoisotopic (exact) mass is 277 g/mol. The van der Waals surface area contributed by atoms with Gasteiger partial charge in [0.1, 0.15) is 5.82 Å². The number of carbonyl (C=O) groups excluding carboxylic acids is 1. The third-order valence-corrected chi connectivity index (χ3v) is 3.09. The Balaban J connectivity index is 2.26. The number of aliphatic hydroxyl groups excluding tert-OH is 1. The smallest absolute Gasteiger partial charge is 0.391 e. The highest BCUT2D eigenvalue weighted by atomic mass is 19.4. The van der Waals surface area contributed by atoms with Crippen LogP contribution >= 0.6 is 0 Å². The predicted molar refractivity (Wildman–Crippen MR) is 57.9 cm³/mol. The molecule has 0 aromatic heterocycles. The fraction of sp³-hybridized carbons (Fsp3) is 0.417. The number of carbonyl (C=O) groups is 1. The van der Waals surface area contributed by atoms with Crippen molar-refractivity contribution in [3.05, 3.63) is 35.1 Å². The lowest BCUT2D eigenvalue weighted by Crippen LogP contribution is -2.50. The molecule has 0 saturated heterocycles. The van der Waals surface area contributed by atoms with Crippen molar-refractivity contribution in [2.75, 3.05) is 0 Å². The van der Waals surface area contributed by atoms with Gasteiger partial charge in [0.05, 0.1) is 23.3 Å². The van der Waals surface area contributed by atoms with Gasteiger partial charge >= 0.3 is 6.18 Å². The van der Waals surface area contributed by atoms with Crippen molar-refractivity contribution >= 4 is 5.91 Å². The zero-order valence-corrected chi connectivity index (χ0v) is 9.67. The number of benzene rings is 1. The molecule has 7 heteroatoms. The van der Waals surface area contributed by atoms with Crippen LogP contribution in [0.1, 0.15) is 28.8 Å². The van der Waals surface area contributed by atoms with Crippen molar-refractivity contribution in [2.24, 2.45) is 0 Å². The van der Waals surface area contributed by atoms with Crippen molar-refractivity contribution in [3.8, 4) is 0 Å². The standard InChI is InChI=1S/C12H11F4NO2/c13-6-1-2-7(8(5-6)12(14,15)16)11(19)17-9-3-4-10(9)18/h1-2,5,9-10,18H,3-4H2,(H,17,19). The van der Waals surface area contributed by atoms with Gasteiger partial charge in [0.2, 0.25) is 0 Å². The van der Waals surface area contributed by atoms with Crippen LogP contribution in [0, 0.1) is 5.82 Å². The number of hydrogen-bond acceptors (Lipinski definition) is 2. The first-order valence-electron chi connectivity index (χ1n) is 5.64. The van der Waals surface area contributed by atoms with E-state index in [1.807, 2.05) is 0 Å². The average Bonchev–Trinajstić information content (AvgIpc) is 2.32. The van der Waals surface area contributed by atoms with Gasteiger partial charge < -0.3 is 10.4 Å². The molecule has 1 aromatic rings. The summed E-state index contributed by atoms with van der Waals surface area (Å²) in [5.74, 6) is -2.02. The molecule has 2 atom stereocenters. The van der Waals surface area contributed by atoms with E-state index < -0.39 is 41.2 Å². The molecule has 0 aliphatic heterocycles. The van der Waals surface area contributed by atoms with E-state index in [4.69, 9.17) is 0 Å². The van der Waals surface area contributed by atoms with Gasteiger partial charge in [-0.25, -0.2) is 4.39 Å². The number of amides is 1. The van der Waals surface area contributed by atoms with E-state index in [0.29, 0.717) is 12.8 Å². The summed E-state index contributed by atoms with van der Waals surface area (Å²) in [4.78, 5) is 11.7. The third kappa shape index (κ3) is 2.86. The van der Waals surface area contributed by atoms with Crippen molar-refractivity contribution in [1.82, 2.24) is 5.32 Å². The fourth-order valence-electron chi connectivity index (χ4n) is 1.85. The van der Waals surface area contributed by atoms with Crippen molar-refractivity contribution in [3.63, 3.8) is 0 Å². The molecule has 2 N–H and O–H groups in total. The van der Waals surface area contributed by atoms with Gasteiger partial charge in [0, 0.05) is 0 Å². The first-order chi connectivity index (χ1) is 8.79. The molecule has 3 nitrogen and oxygen atoms in total. The Morgan fingerprint density at radius 3 is 2.47 bits per heavy atom. The van der Waals surface area contributed by atoms with Crippen molar-refractivity contribution in [1.29, 1.82) is 0 Å². The number of hydrogen-bond donors (Lipinski definition) is 2. The molecule has 19 heavy (non-hydrogen) atoms. The van der Waals surface area contributed by atoms with E-state index in [0.717, 1.165) is 12.1 Å². The Labute approximate surface area is 106 Å². The fourth-order valence-corrected chi connectivity index (χ4v) is 1.85. The molecule has 1 amide bonds. The van der Waals surface area contributed by atoms with Gasteiger partial charge in [-0.05, 0) is 31.0 Å². The van der Waals surface area contributed by atoms with Crippen LogP contribution in [0.3, 0.4) is 0 Å². The summed E-state index contributed by atoms with van der Waals surface area (Å²) in [6.07, 6.45) is -4.54. The number of halogens is 4. The van der Waals surface area contributed by atoms with E-state index >= 15 is 0 Å². The molecule has 104 valence electrons. The average molecular weight is 277 g/mol. The molecule has 1 aliphatic rings. The summed E-state index contributed by atoms with van der Waals surface area (Å²) in [5, 5.41) is 11.6. The second kappa shape index (κ2) is 4.80. The topological polar surface area (TPSA) is 49.3 Å². The molecule has 1 aliphatic carbocycles. The van der Waals surface area contributed by atoms with Crippen LogP contribution in [0.15, 0.2) is 18.2 Å². The van der Waals surface area contributed by atoms with Crippen molar-refractivity contribution < 1.29 is 27.5 Å². The number of alkyl halides is 3. The van der Waals surface area contributed by atoms with E-state index in [2.05, 4.69) is 5.32 Å². The molecular weight excluding hydrogens is 266 g/mol. The Hall–Kier alpha value is -1.63. The highest BCUT2D eigenvalue weighted by Gasteiger charge is 2.37. The molecule has 0 radical (unpaired) electrons. The Morgan fingerprint density at radius 1 is 1.32 bits per heavy atom. The summed E-state index contributed by atoms with van der Waals surface area (Å²) < 4.78 is 51.0. The molecule has 0 heterocycles. The normalized spacial score (nSPS) is 22.8. The van der Waals surface area contributed by atoms with Crippen LogP contribution in [0.5, 0.6) is 0 Å². The maximum atomic E-state index is 12.9. The number of aliphatic hydroxyl groups is 1. The molecular formula is C12H11F4NO2. The minimum absolute atomic E-state index is 0.284. The van der Waals surface area contributed by atoms with Gasteiger partial charge in [-0.15, -0.1) is 0 Å². The quantitative estimate of drug-likeness (QED) is 0.813. The molecule has 1 saturated carbocycles. The molecule has 1 fully saturated rings. The molecule has 0 bridgehead atoms. The lowest BCUT2D eigenvalue weighted by atomic mass is 9.89. The van der Waals surface area contributed by atoms with Gasteiger partial charge in [-0.2, -0.15) is 13.2 Å². The molecule has 1 aromatic carbocycles. The molecule has 2 rings (SSSR count). The SMILES string of the molecule is O=C(NC1CCC1O)c1ccc(F)cc1C(F)(F)F. The minimum atomic E-state index is -4.81. The second-order valence-corrected chi connectivity index (χ2v) is 4.41. The predicted octanol–water partition coefficient (Wildman–Crippen LogP) is 2.10. The Bertz CT molecular complexity index is 501. The largest absolute Gasteiger partial charge is 0.417 e. The first-order valence-corrected chi connectivity index (χ1v) is 5.64. The summed E-state index contributed by atoms with van der Waals surface area (Å²) in [6, 6.07) is 1.32. The van der Waals surface area contributed by atoms with Gasteiger partial charge in [0.25, 0.3) is 5.91 Å². The lowest BCUT2D eigenvalue weighted by molar-refractivity contribution is -0.138. The zero-order valence-electron chi connectivity index (χ0n) is 9.67. The van der Waals surface area contributed by atoms with Crippen LogP contribution in [-0.2, 0) is 6.18 Å².